The molecule has 1 aromatic rings. The molecule has 0 atom stereocenters. The van der Waals surface area contributed by atoms with Gasteiger partial charge in [0.25, 0.3) is 0 Å². The molecule has 0 bridgehead atoms. The molecule has 282 valence electrons. The van der Waals surface area contributed by atoms with Crippen LogP contribution in [-0.4, -0.2) is 131 Å². The first kappa shape index (κ1) is 44.6. The zero-order valence-electron chi connectivity index (χ0n) is 30.1. The Kier molecular flexibility index (Phi) is 35.7. The Morgan fingerprint density at radius 1 is 0.375 bits per heavy atom. The lowest BCUT2D eigenvalue weighted by Gasteiger charge is -2.09. The lowest BCUT2D eigenvalue weighted by molar-refractivity contribution is -0.0258. The van der Waals surface area contributed by atoms with Crippen LogP contribution >= 0.6 is 0 Å². The van der Waals surface area contributed by atoms with Crippen molar-refractivity contribution in [2.24, 2.45) is 0 Å². The number of benzene rings is 1. The van der Waals surface area contributed by atoms with Crippen molar-refractivity contribution in [3.8, 4) is 5.75 Å². The van der Waals surface area contributed by atoms with Crippen molar-refractivity contribution in [3.05, 3.63) is 29.8 Å². The third kappa shape index (κ3) is 33.1. The van der Waals surface area contributed by atoms with Gasteiger partial charge in [0.05, 0.1) is 132 Å². The Balaban J connectivity index is 1.74. The predicted molar refractivity (Wildman–Crippen MR) is 187 cm³/mol. The third-order valence-corrected chi connectivity index (χ3v) is 7.17. The second kappa shape index (κ2) is 38.4. The molecule has 0 saturated carbocycles. The number of aliphatic hydroxyl groups is 1. The molecule has 0 aliphatic heterocycles. The van der Waals surface area contributed by atoms with Crippen LogP contribution in [0.5, 0.6) is 5.75 Å². The molecule has 0 spiro atoms. The summed E-state index contributed by atoms with van der Waals surface area (Å²) in [6.45, 7) is 12.2. The maximum atomic E-state index is 8.59. The summed E-state index contributed by atoms with van der Waals surface area (Å²) >= 11 is 0. The molecule has 0 aliphatic rings. The maximum Gasteiger partial charge on any atom is 0.119 e. The molecule has 11 heteroatoms. The van der Waals surface area contributed by atoms with E-state index in [0.29, 0.717) is 119 Å². The number of unbranched alkanes of at least 4 members (excludes halogenated alkanes) is 9. The highest BCUT2D eigenvalue weighted by atomic mass is 16.6. The zero-order valence-corrected chi connectivity index (χ0v) is 30.1. The van der Waals surface area contributed by atoms with E-state index in [-0.39, 0.29) is 6.61 Å². The van der Waals surface area contributed by atoms with E-state index in [2.05, 4.69) is 19.1 Å². The van der Waals surface area contributed by atoms with Crippen molar-refractivity contribution in [2.75, 3.05) is 126 Å². The molecule has 0 aliphatic carbocycles. The maximum absolute atomic E-state index is 8.59. The highest BCUT2D eigenvalue weighted by molar-refractivity contribution is 5.26. The van der Waals surface area contributed by atoms with E-state index in [1.165, 1.54) is 57.8 Å². The van der Waals surface area contributed by atoms with E-state index < -0.39 is 0 Å². The lowest BCUT2D eigenvalue weighted by Crippen LogP contribution is -2.15. The first-order valence-corrected chi connectivity index (χ1v) is 18.4. The fourth-order valence-electron chi connectivity index (χ4n) is 4.48. The molecule has 0 aromatic heterocycles. The van der Waals surface area contributed by atoms with Gasteiger partial charge in [0.2, 0.25) is 0 Å². The Morgan fingerprint density at radius 3 is 1.08 bits per heavy atom. The van der Waals surface area contributed by atoms with E-state index in [1.807, 2.05) is 12.1 Å². The molecule has 0 radical (unpaired) electrons. The van der Waals surface area contributed by atoms with Gasteiger partial charge < -0.3 is 52.5 Å². The second-order valence-corrected chi connectivity index (χ2v) is 11.3. The minimum absolute atomic E-state index is 0.0282. The standard InChI is InChI=1S/C37H68O11/c1-2-3-4-5-6-7-8-9-10-11-17-48-37-14-12-36(13-15-37)35-47-34-33-46-32-31-45-30-29-44-28-27-43-26-25-42-24-23-41-22-21-40-20-19-39-18-16-38/h12-15,38H,2-11,16-35H2,1H3. The number of rotatable bonds is 40. The smallest absolute Gasteiger partial charge is 0.119 e. The van der Waals surface area contributed by atoms with Gasteiger partial charge in [0.1, 0.15) is 5.75 Å². The molecule has 0 unspecified atom stereocenters. The Labute approximate surface area is 291 Å². The highest BCUT2D eigenvalue weighted by Crippen LogP contribution is 2.15. The minimum atomic E-state index is 0.0282. The van der Waals surface area contributed by atoms with Gasteiger partial charge in [-0.15, -0.1) is 0 Å². The normalized spacial score (nSPS) is 11.5. The van der Waals surface area contributed by atoms with Gasteiger partial charge in [-0.3, -0.25) is 0 Å². The van der Waals surface area contributed by atoms with E-state index >= 15 is 0 Å². The number of ether oxygens (including phenoxy) is 10. The Hall–Kier alpha value is -1.38. The summed E-state index contributed by atoms with van der Waals surface area (Å²) in [6.07, 6.45) is 13.3. The van der Waals surface area contributed by atoms with Crippen molar-refractivity contribution in [1.82, 2.24) is 0 Å². The SMILES string of the molecule is CCCCCCCCCCCCOc1ccc(COCCOCCOCCOCCOCCOCCOCCOCCOCCO)cc1. The number of aliphatic hydroxyl groups excluding tert-OH is 1. The summed E-state index contributed by atoms with van der Waals surface area (Å²) in [6, 6.07) is 8.17. The molecule has 0 saturated heterocycles. The summed E-state index contributed by atoms with van der Waals surface area (Å²) in [5.41, 5.74) is 1.13. The van der Waals surface area contributed by atoms with E-state index in [4.69, 9.17) is 52.5 Å². The molecule has 1 aromatic carbocycles. The third-order valence-electron chi connectivity index (χ3n) is 7.17. The van der Waals surface area contributed by atoms with Crippen LogP contribution in [0.2, 0.25) is 0 Å². The molecule has 48 heavy (non-hydrogen) atoms. The van der Waals surface area contributed by atoms with Crippen LogP contribution < -0.4 is 4.74 Å². The van der Waals surface area contributed by atoms with Gasteiger partial charge in [-0.2, -0.15) is 0 Å². The molecule has 0 amide bonds. The fourth-order valence-corrected chi connectivity index (χ4v) is 4.48. The molecule has 11 nitrogen and oxygen atoms in total. The number of hydrogen-bond acceptors (Lipinski definition) is 11. The molecule has 1 rings (SSSR count). The quantitative estimate of drug-likeness (QED) is 0.0867. The van der Waals surface area contributed by atoms with Crippen molar-refractivity contribution in [3.63, 3.8) is 0 Å². The van der Waals surface area contributed by atoms with Gasteiger partial charge in [0.15, 0.2) is 0 Å². The molecule has 0 heterocycles. The van der Waals surface area contributed by atoms with Crippen LogP contribution in [0, 0.1) is 0 Å². The first-order valence-electron chi connectivity index (χ1n) is 18.4. The average molecular weight is 689 g/mol. The van der Waals surface area contributed by atoms with Gasteiger partial charge in [-0.25, -0.2) is 0 Å². The van der Waals surface area contributed by atoms with Crippen molar-refractivity contribution < 1.29 is 52.5 Å². The van der Waals surface area contributed by atoms with Crippen molar-refractivity contribution >= 4 is 0 Å². The molecule has 1 N–H and O–H groups in total. The summed E-state index contributed by atoms with van der Waals surface area (Å²) in [7, 11) is 0. The van der Waals surface area contributed by atoms with E-state index in [9.17, 15) is 0 Å². The largest absolute Gasteiger partial charge is 0.494 e. The van der Waals surface area contributed by atoms with Crippen LogP contribution in [0.4, 0.5) is 0 Å². The van der Waals surface area contributed by atoms with Crippen LogP contribution in [-0.2, 0) is 49.2 Å². The van der Waals surface area contributed by atoms with Gasteiger partial charge in [0, 0.05) is 0 Å². The minimum Gasteiger partial charge on any atom is -0.494 e. The van der Waals surface area contributed by atoms with Gasteiger partial charge in [-0.05, 0) is 24.1 Å². The van der Waals surface area contributed by atoms with Crippen LogP contribution in [0.25, 0.3) is 0 Å². The van der Waals surface area contributed by atoms with E-state index in [1.54, 1.807) is 0 Å². The highest BCUT2D eigenvalue weighted by Gasteiger charge is 1.99. The van der Waals surface area contributed by atoms with Crippen LogP contribution in [0.3, 0.4) is 0 Å². The first-order chi connectivity index (χ1) is 23.9. The van der Waals surface area contributed by atoms with Crippen molar-refractivity contribution in [2.45, 2.75) is 77.7 Å². The fraction of sp³-hybridized carbons (Fsp3) is 0.838. The Morgan fingerprint density at radius 2 is 0.708 bits per heavy atom. The topological polar surface area (TPSA) is 113 Å². The molecule has 0 fully saturated rings. The van der Waals surface area contributed by atoms with E-state index in [0.717, 1.165) is 24.3 Å². The molecular weight excluding hydrogens is 620 g/mol. The predicted octanol–water partition coefficient (Wildman–Crippen LogP) is 5.63. The Bertz CT molecular complexity index is 739. The van der Waals surface area contributed by atoms with Gasteiger partial charge >= 0.3 is 0 Å². The summed E-state index contributed by atoms with van der Waals surface area (Å²) in [4.78, 5) is 0. The molecular formula is C37H68O11. The van der Waals surface area contributed by atoms with Crippen LogP contribution in [0.15, 0.2) is 24.3 Å². The summed E-state index contributed by atoms with van der Waals surface area (Å²) in [5.74, 6) is 0.925. The number of hydrogen-bond donors (Lipinski definition) is 1. The summed E-state index contributed by atoms with van der Waals surface area (Å²) < 4.78 is 55.0. The monoisotopic (exact) mass is 688 g/mol. The summed E-state index contributed by atoms with van der Waals surface area (Å²) in [5, 5.41) is 8.59. The van der Waals surface area contributed by atoms with Gasteiger partial charge in [-0.1, -0.05) is 76.8 Å². The van der Waals surface area contributed by atoms with Crippen molar-refractivity contribution in [1.29, 1.82) is 0 Å². The van der Waals surface area contributed by atoms with Crippen LogP contribution in [0.1, 0.15) is 76.7 Å². The lowest BCUT2D eigenvalue weighted by atomic mass is 10.1. The zero-order chi connectivity index (χ0) is 34.3. The second-order valence-electron chi connectivity index (χ2n) is 11.3. The average Bonchev–Trinajstić information content (AvgIpc) is 3.11.